The number of carbonyl (C=O) groups excluding carboxylic acids is 1. The normalized spacial score (nSPS) is 9.86. The van der Waals surface area contributed by atoms with Gasteiger partial charge in [-0.3, -0.25) is 5.32 Å². The zero-order valence-electron chi connectivity index (χ0n) is 8.17. The highest BCUT2D eigenvalue weighted by atomic mass is 16.5. The third-order valence-corrected chi connectivity index (χ3v) is 1.15. The number of ether oxygens (including phenoxy) is 1. The van der Waals surface area contributed by atoms with Crippen molar-refractivity contribution in [2.24, 2.45) is 0 Å². The van der Waals surface area contributed by atoms with Gasteiger partial charge in [0, 0.05) is 5.70 Å². The van der Waals surface area contributed by atoms with E-state index in [0.717, 1.165) is 5.57 Å². The lowest BCUT2D eigenvalue weighted by Crippen LogP contribution is -2.23. The van der Waals surface area contributed by atoms with Crippen LogP contribution in [0, 0.1) is 12.3 Å². The highest BCUT2D eigenvalue weighted by Gasteiger charge is 2.01. The number of carbonyl (C=O) groups is 1. The first-order valence-electron chi connectivity index (χ1n) is 3.97. The molecular weight excluding hydrogens is 178 g/mol. The van der Waals surface area contributed by atoms with Gasteiger partial charge < -0.3 is 4.74 Å². The summed E-state index contributed by atoms with van der Waals surface area (Å²) in [6.45, 7) is 8.94. The Kier molecular flexibility index (Phi) is 5.64. The number of amides is 1. The minimum absolute atomic E-state index is 0.0523. The Morgan fingerprint density at radius 2 is 2.36 bits per heavy atom. The maximum Gasteiger partial charge on any atom is 0.412 e. The van der Waals surface area contributed by atoms with Crippen LogP contribution in [0.2, 0.25) is 0 Å². The van der Waals surface area contributed by atoms with Gasteiger partial charge in [0.25, 0.3) is 0 Å². The van der Waals surface area contributed by atoms with Crippen molar-refractivity contribution in [3.63, 3.8) is 0 Å². The van der Waals surface area contributed by atoms with Crippen LogP contribution in [-0.2, 0) is 4.74 Å². The van der Waals surface area contributed by atoms with E-state index in [9.17, 15) is 4.79 Å². The van der Waals surface area contributed by atoms with Crippen molar-refractivity contribution >= 4 is 6.09 Å². The Morgan fingerprint density at radius 1 is 1.71 bits per heavy atom. The van der Waals surface area contributed by atoms with E-state index in [4.69, 9.17) is 6.42 Å². The van der Waals surface area contributed by atoms with Crippen LogP contribution in [0.15, 0.2) is 36.6 Å². The van der Waals surface area contributed by atoms with E-state index in [-0.39, 0.29) is 6.61 Å². The molecule has 0 aromatic rings. The van der Waals surface area contributed by atoms with Gasteiger partial charge >= 0.3 is 6.09 Å². The topological polar surface area (TPSA) is 38.3 Å². The summed E-state index contributed by atoms with van der Waals surface area (Å²) in [6.07, 6.45) is 7.48. The number of rotatable bonds is 4. The minimum Gasteiger partial charge on any atom is -0.436 e. The zero-order valence-corrected chi connectivity index (χ0v) is 8.17. The van der Waals surface area contributed by atoms with Gasteiger partial charge in [-0.25, -0.2) is 4.79 Å². The Balaban J connectivity index is 4.20. The van der Waals surface area contributed by atoms with Gasteiger partial charge in [0.05, 0.1) is 0 Å². The van der Waals surface area contributed by atoms with Gasteiger partial charge in [0.1, 0.15) is 0 Å². The molecule has 0 saturated heterocycles. The van der Waals surface area contributed by atoms with Crippen LogP contribution in [-0.4, -0.2) is 12.7 Å². The number of allylic oxidation sites excluding steroid dienone is 3. The van der Waals surface area contributed by atoms with Crippen molar-refractivity contribution in [3.05, 3.63) is 36.6 Å². The molecule has 3 heteroatoms. The predicted octanol–water partition coefficient (Wildman–Crippen LogP) is 1.99. The molecule has 14 heavy (non-hydrogen) atoms. The summed E-state index contributed by atoms with van der Waals surface area (Å²) in [4.78, 5) is 11.0. The van der Waals surface area contributed by atoms with Crippen molar-refractivity contribution in [3.8, 4) is 12.3 Å². The van der Waals surface area contributed by atoms with Crippen molar-refractivity contribution in [1.82, 2.24) is 5.32 Å². The van der Waals surface area contributed by atoms with Gasteiger partial charge in [-0.1, -0.05) is 24.7 Å². The van der Waals surface area contributed by atoms with E-state index >= 15 is 0 Å². The molecule has 0 atom stereocenters. The number of terminal acetylenes is 1. The zero-order chi connectivity index (χ0) is 11.0. The summed E-state index contributed by atoms with van der Waals surface area (Å²) in [5.41, 5.74) is 1.33. The molecule has 0 aliphatic rings. The SMILES string of the molecule is C#CCOC(=O)N/C(C=C)=C/C(=C)C. The summed E-state index contributed by atoms with van der Waals surface area (Å²) in [6, 6.07) is 0. The van der Waals surface area contributed by atoms with E-state index in [1.807, 2.05) is 0 Å². The predicted molar refractivity (Wildman–Crippen MR) is 56.4 cm³/mol. The summed E-state index contributed by atoms with van der Waals surface area (Å²) in [5, 5.41) is 2.46. The molecule has 1 N–H and O–H groups in total. The lowest BCUT2D eigenvalue weighted by atomic mass is 10.3. The minimum atomic E-state index is -0.602. The molecule has 0 unspecified atom stereocenters. The summed E-state index contributed by atoms with van der Waals surface area (Å²) >= 11 is 0. The fourth-order valence-electron chi connectivity index (χ4n) is 0.673. The van der Waals surface area contributed by atoms with Gasteiger partial charge in [-0.05, 0) is 19.1 Å². The first kappa shape index (κ1) is 12.0. The number of hydrogen-bond donors (Lipinski definition) is 1. The first-order valence-corrected chi connectivity index (χ1v) is 3.97. The van der Waals surface area contributed by atoms with Crippen LogP contribution in [0.3, 0.4) is 0 Å². The maximum absolute atomic E-state index is 11.0. The largest absolute Gasteiger partial charge is 0.436 e. The number of nitrogens with one attached hydrogen (secondary N) is 1. The summed E-state index contributed by atoms with van der Waals surface area (Å²) in [7, 11) is 0. The first-order chi connectivity index (χ1) is 6.60. The van der Waals surface area contributed by atoms with Crippen LogP contribution in [0.5, 0.6) is 0 Å². The third-order valence-electron chi connectivity index (χ3n) is 1.15. The van der Waals surface area contributed by atoms with Gasteiger partial charge in [-0.2, -0.15) is 0 Å². The fourth-order valence-corrected chi connectivity index (χ4v) is 0.673. The maximum atomic E-state index is 11.0. The Labute approximate surface area is 84.1 Å². The van der Waals surface area contributed by atoms with Crippen LogP contribution in [0.1, 0.15) is 6.92 Å². The van der Waals surface area contributed by atoms with E-state index < -0.39 is 6.09 Å². The van der Waals surface area contributed by atoms with Crippen molar-refractivity contribution in [2.45, 2.75) is 6.92 Å². The number of alkyl carbamates (subject to hydrolysis) is 1. The van der Waals surface area contributed by atoms with Crippen LogP contribution in [0.25, 0.3) is 0 Å². The molecule has 0 bridgehead atoms. The standard InChI is InChI=1S/C11H13NO2/c1-5-7-14-11(13)12-10(6-2)8-9(3)4/h1,6,8H,2-3,7H2,4H3,(H,12,13)/b10-8+. The average molecular weight is 191 g/mol. The molecule has 0 spiro atoms. The lowest BCUT2D eigenvalue weighted by molar-refractivity contribution is 0.163. The molecule has 0 fully saturated rings. The second-order valence-corrected chi connectivity index (χ2v) is 2.56. The highest BCUT2D eigenvalue weighted by Crippen LogP contribution is 1.98. The second kappa shape index (κ2) is 6.55. The Bertz CT molecular complexity index is 308. The van der Waals surface area contributed by atoms with Gasteiger partial charge in [-0.15, -0.1) is 6.42 Å². The quantitative estimate of drug-likeness (QED) is 0.545. The van der Waals surface area contributed by atoms with E-state index in [1.54, 1.807) is 13.0 Å². The van der Waals surface area contributed by atoms with Crippen LogP contribution in [0.4, 0.5) is 4.79 Å². The molecule has 0 aromatic carbocycles. The summed E-state index contributed by atoms with van der Waals surface area (Å²) < 4.78 is 4.60. The van der Waals surface area contributed by atoms with Crippen molar-refractivity contribution < 1.29 is 9.53 Å². The third kappa shape index (κ3) is 5.67. The van der Waals surface area contributed by atoms with Crippen LogP contribution < -0.4 is 5.32 Å². The number of hydrogen-bond acceptors (Lipinski definition) is 2. The molecule has 3 nitrogen and oxygen atoms in total. The molecule has 0 saturated carbocycles. The fraction of sp³-hybridized carbons (Fsp3) is 0.182. The molecule has 0 aromatic heterocycles. The van der Waals surface area contributed by atoms with Crippen LogP contribution >= 0.6 is 0 Å². The molecular formula is C11H13NO2. The molecule has 74 valence electrons. The lowest BCUT2D eigenvalue weighted by Gasteiger charge is -2.04. The Hall–Kier alpha value is -1.95. The Morgan fingerprint density at radius 3 is 2.79 bits per heavy atom. The van der Waals surface area contributed by atoms with E-state index in [2.05, 4.69) is 29.1 Å². The molecule has 0 aliphatic carbocycles. The highest BCUT2D eigenvalue weighted by molar-refractivity contribution is 5.70. The van der Waals surface area contributed by atoms with Crippen molar-refractivity contribution in [1.29, 1.82) is 0 Å². The molecule has 0 heterocycles. The molecule has 0 aliphatic heterocycles. The van der Waals surface area contributed by atoms with Gasteiger partial charge in [0.15, 0.2) is 6.61 Å². The van der Waals surface area contributed by atoms with E-state index in [1.165, 1.54) is 6.08 Å². The molecule has 1 amide bonds. The van der Waals surface area contributed by atoms with Gasteiger partial charge in [0.2, 0.25) is 0 Å². The average Bonchev–Trinajstić information content (AvgIpc) is 2.12. The monoisotopic (exact) mass is 191 g/mol. The molecule has 0 rings (SSSR count). The van der Waals surface area contributed by atoms with Crippen molar-refractivity contribution in [2.75, 3.05) is 6.61 Å². The van der Waals surface area contributed by atoms with E-state index in [0.29, 0.717) is 5.70 Å². The smallest absolute Gasteiger partial charge is 0.412 e. The summed E-state index contributed by atoms with van der Waals surface area (Å²) in [5.74, 6) is 2.18. The second-order valence-electron chi connectivity index (χ2n) is 2.56. The molecule has 0 radical (unpaired) electrons.